The van der Waals surface area contributed by atoms with Crippen molar-refractivity contribution in [2.45, 2.75) is 38.3 Å². The summed E-state index contributed by atoms with van der Waals surface area (Å²) in [6.45, 7) is 0.252. The molecule has 1 aromatic carbocycles. The Morgan fingerprint density at radius 2 is 2.13 bits per heavy atom. The van der Waals surface area contributed by atoms with Crippen LogP contribution in [0, 0.1) is 0 Å². The predicted octanol–water partition coefficient (Wildman–Crippen LogP) is 2.75. The quantitative estimate of drug-likeness (QED) is 0.804. The van der Waals surface area contributed by atoms with E-state index >= 15 is 0 Å². The Hall–Kier alpha value is -2.63. The molecule has 1 fully saturated rings. The summed E-state index contributed by atoms with van der Waals surface area (Å²) in [5.41, 5.74) is 1.76. The van der Waals surface area contributed by atoms with Crippen molar-refractivity contribution in [2.24, 2.45) is 0 Å². The fourth-order valence-corrected chi connectivity index (χ4v) is 3.33. The molecule has 6 nitrogen and oxygen atoms in total. The molecule has 2 heterocycles. The summed E-state index contributed by atoms with van der Waals surface area (Å²) < 4.78 is 7.27. The summed E-state index contributed by atoms with van der Waals surface area (Å²) in [4.78, 5) is 12.4. The standard InChI is InChI=1S/C17H18N4O2/c22-16(19-13-6-2-3-7-13)10-21-14-8-4-1-5-12(14)9-15(21)17-20-18-11-23-17/h1,4-5,8-9,11,13H,2-3,6-7,10H2,(H,19,22). The first-order valence-electron chi connectivity index (χ1n) is 7.95. The van der Waals surface area contributed by atoms with Crippen LogP contribution in [0.2, 0.25) is 0 Å². The van der Waals surface area contributed by atoms with Crippen LogP contribution in [0.3, 0.4) is 0 Å². The molecule has 1 aliphatic carbocycles. The minimum Gasteiger partial charge on any atom is -0.422 e. The monoisotopic (exact) mass is 310 g/mol. The Morgan fingerprint density at radius 3 is 2.91 bits per heavy atom. The number of fused-ring (bicyclic) bond motifs is 1. The molecule has 0 unspecified atom stereocenters. The molecular formula is C17H18N4O2. The maximum Gasteiger partial charge on any atom is 0.264 e. The number of hydrogen-bond acceptors (Lipinski definition) is 4. The van der Waals surface area contributed by atoms with Gasteiger partial charge in [-0.25, -0.2) is 0 Å². The highest BCUT2D eigenvalue weighted by molar-refractivity contribution is 5.88. The van der Waals surface area contributed by atoms with E-state index in [2.05, 4.69) is 15.5 Å². The smallest absolute Gasteiger partial charge is 0.264 e. The first kappa shape index (κ1) is 14.0. The zero-order chi connectivity index (χ0) is 15.6. The third-order valence-corrected chi connectivity index (χ3v) is 4.41. The van der Waals surface area contributed by atoms with Gasteiger partial charge in [0.2, 0.25) is 12.3 Å². The van der Waals surface area contributed by atoms with Gasteiger partial charge in [-0.2, -0.15) is 0 Å². The topological polar surface area (TPSA) is 73.0 Å². The second-order valence-electron chi connectivity index (χ2n) is 5.97. The molecule has 1 aliphatic rings. The lowest BCUT2D eigenvalue weighted by Crippen LogP contribution is -2.35. The molecule has 3 aromatic rings. The van der Waals surface area contributed by atoms with Crippen LogP contribution in [0.25, 0.3) is 22.5 Å². The molecule has 0 radical (unpaired) electrons. The number of rotatable bonds is 4. The summed E-state index contributed by atoms with van der Waals surface area (Å²) in [5, 5.41) is 11.9. The molecule has 0 spiro atoms. The number of hydrogen-bond donors (Lipinski definition) is 1. The van der Waals surface area contributed by atoms with Crippen molar-refractivity contribution in [2.75, 3.05) is 0 Å². The maximum absolute atomic E-state index is 12.4. The Bertz CT molecular complexity index is 816. The van der Waals surface area contributed by atoms with Gasteiger partial charge in [0.25, 0.3) is 5.89 Å². The van der Waals surface area contributed by atoms with Crippen LogP contribution in [0.5, 0.6) is 0 Å². The molecule has 1 amide bonds. The fourth-order valence-electron chi connectivity index (χ4n) is 3.33. The molecule has 1 N–H and O–H groups in total. The van der Waals surface area contributed by atoms with E-state index in [9.17, 15) is 4.79 Å². The number of benzene rings is 1. The van der Waals surface area contributed by atoms with E-state index in [0.29, 0.717) is 11.9 Å². The summed E-state index contributed by atoms with van der Waals surface area (Å²) in [6.07, 6.45) is 5.86. The van der Waals surface area contributed by atoms with Gasteiger partial charge in [-0.05, 0) is 25.0 Å². The summed E-state index contributed by atoms with van der Waals surface area (Å²) >= 11 is 0. The van der Waals surface area contributed by atoms with Crippen molar-refractivity contribution in [3.8, 4) is 11.6 Å². The van der Waals surface area contributed by atoms with Gasteiger partial charge < -0.3 is 14.3 Å². The molecule has 0 atom stereocenters. The minimum atomic E-state index is 0.0269. The van der Waals surface area contributed by atoms with Gasteiger partial charge in [-0.15, -0.1) is 10.2 Å². The van der Waals surface area contributed by atoms with Crippen LogP contribution in [0.4, 0.5) is 0 Å². The zero-order valence-corrected chi connectivity index (χ0v) is 12.7. The average Bonchev–Trinajstić information content (AvgIpc) is 3.28. The van der Waals surface area contributed by atoms with E-state index in [-0.39, 0.29) is 12.5 Å². The lowest BCUT2D eigenvalue weighted by molar-refractivity contribution is -0.122. The Labute approximate surface area is 133 Å². The Morgan fingerprint density at radius 1 is 1.30 bits per heavy atom. The van der Waals surface area contributed by atoms with Gasteiger partial charge in [0, 0.05) is 16.9 Å². The number of amides is 1. The second-order valence-corrected chi connectivity index (χ2v) is 5.97. The van der Waals surface area contributed by atoms with Gasteiger partial charge in [-0.1, -0.05) is 31.0 Å². The van der Waals surface area contributed by atoms with Crippen molar-refractivity contribution in [3.05, 3.63) is 36.7 Å². The number of carbonyl (C=O) groups is 1. The first-order chi connectivity index (χ1) is 11.3. The lowest BCUT2D eigenvalue weighted by atomic mass is 10.2. The largest absolute Gasteiger partial charge is 0.422 e. The van der Waals surface area contributed by atoms with Crippen LogP contribution >= 0.6 is 0 Å². The SMILES string of the molecule is O=C(Cn1c(-c2nnco2)cc2ccccc21)NC1CCCC1. The van der Waals surface area contributed by atoms with E-state index in [0.717, 1.165) is 29.4 Å². The minimum absolute atomic E-state index is 0.0269. The summed E-state index contributed by atoms with van der Waals surface area (Å²) in [6, 6.07) is 10.2. The third-order valence-electron chi connectivity index (χ3n) is 4.41. The Balaban J connectivity index is 1.67. The normalized spacial score (nSPS) is 15.3. The third kappa shape index (κ3) is 2.72. The molecule has 6 heteroatoms. The van der Waals surface area contributed by atoms with Crippen molar-refractivity contribution in [1.82, 2.24) is 20.1 Å². The van der Waals surface area contributed by atoms with Gasteiger partial charge >= 0.3 is 0 Å². The van der Waals surface area contributed by atoms with Crippen molar-refractivity contribution >= 4 is 16.8 Å². The molecular weight excluding hydrogens is 292 g/mol. The molecule has 1 saturated carbocycles. The van der Waals surface area contributed by atoms with Crippen LogP contribution in [-0.4, -0.2) is 26.7 Å². The molecule has 118 valence electrons. The molecule has 0 saturated heterocycles. The lowest BCUT2D eigenvalue weighted by Gasteiger charge is -2.14. The number of aromatic nitrogens is 3. The van der Waals surface area contributed by atoms with Crippen molar-refractivity contribution in [3.63, 3.8) is 0 Å². The number of nitrogens with one attached hydrogen (secondary N) is 1. The molecule has 2 aromatic heterocycles. The van der Waals surface area contributed by atoms with E-state index in [1.165, 1.54) is 19.2 Å². The molecule has 23 heavy (non-hydrogen) atoms. The number of nitrogens with zero attached hydrogens (tertiary/aromatic N) is 3. The zero-order valence-electron chi connectivity index (χ0n) is 12.7. The van der Waals surface area contributed by atoms with Gasteiger partial charge in [-0.3, -0.25) is 4.79 Å². The number of para-hydroxylation sites is 1. The second kappa shape index (κ2) is 5.87. The first-order valence-corrected chi connectivity index (χ1v) is 7.95. The molecule has 0 bridgehead atoms. The van der Waals surface area contributed by atoms with Crippen LogP contribution < -0.4 is 5.32 Å². The average molecular weight is 310 g/mol. The van der Waals surface area contributed by atoms with Gasteiger partial charge in [0.1, 0.15) is 12.2 Å². The van der Waals surface area contributed by atoms with E-state index < -0.39 is 0 Å². The highest BCUT2D eigenvalue weighted by Crippen LogP contribution is 2.27. The summed E-state index contributed by atoms with van der Waals surface area (Å²) in [5.74, 6) is 0.453. The highest BCUT2D eigenvalue weighted by Gasteiger charge is 2.20. The van der Waals surface area contributed by atoms with Crippen LogP contribution in [0.1, 0.15) is 25.7 Å². The highest BCUT2D eigenvalue weighted by atomic mass is 16.4. The number of carbonyl (C=O) groups excluding carboxylic acids is 1. The van der Waals surface area contributed by atoms with Gasteiger partial charge in [0.15, 0.2) is 0 Å². The van der Waals surface area contributed by atoms with Crippen LogP contribution in [-0.2, 0) is 11.3 Å². The fraction of sp³-hybridized carbons (Fsp3) is 0.353. The molecule has 0 aliphatic heterocycles. The maximum atomic E-state index is 12.4. The summed E-state index contributed by atoms with van der Waals surface area (Å²) in [7, 11) is 0. The molecule has 4 rings (SSSR count). The van der Waals surface area contributed by atoms with E-state index in [1.54, 1.807) is 0 Å². The van der Waals surface area contributed by atoms with Crippen molar-refractivity contribution < 1.29 is 9.21 Å². The predicted molar refractivity (Wildman–Crippen MR) is 85.6 cm³/mol. The van der Waals surface area contributed by atoms with E-state index in [1.807, 2.05) is 34.9 Å². The van der Waals surface area contributed by atoms with Crippen LogP contribution in [0.15, 0.2) is 41.1 Å². The Kier molecular flexibility index (Phi) is 3.57. The van der Waals surface area contributed by atoms with Crippen molar-refractivity contribution in [1.29, 1.82) is 0 Å². The van der Waals surface area contributed by atoms with Gasteiger partial charge in [0.05, 0.1) is 0 Å². The van der Waals surface area contributed by atoms with E-state index in [4.69, 9.17) is 4.42 Å².